The van der Waals surface area contributed by atoms with E-state index in [-0.39, 0.29) is 35.4 Å². The maximum Gasteiger partial charge on any atom is 0.344 e. The molecule has 1 saturated heterocycles. The van der Waals surface area contributed by atoms with E-state index in [0.717, 1.165) is 11.3 Å². The average molecular weight is 462 g/mol. The molecule has 0 saturated carbocycles. The Kier molecular flexibility index (Phi) is 6.83. The van der Waals surface area contributed by atoms with Gasteiger partial charge in [0.25, 0.3) is 0 Å². The summed E-state index contributed by atoms with van der Waals surface area (Å²) < 4.78 is 36.1. The highest BCUT2D eigenvalue weighted by atomic mass is 32.2. The van der Waals surface area contributed by atoms with E-state index < -0.39 is 22.4 Å². The van der Waals surface area contributed by atoms with Crippen molar-refractivity contribution >= 4 is 21.6 Å². The van der Waals surface area contributed by atoms with Crippen LogP contribution in [-0.4, -0.2) is 49.5 Å². The minimum Gasteiger partial charge on any atom is -0.482 e. The second-order valence-electron chi connectivity index (χ2n) is 9.36. The molecule has 174 valence electrons. The lowest BCUT2D eigenvalue weighted by Crippen LogP contribution is -2.20. The Hall–Kier alpha value is -2.61. The smallest absolute Gasteiger partial charge is 0.344 e. The zero-order valence-corrected chi connectivity index (χ0v) is 20.1. The van der Waals surface area contributed by atoms with Gasteiger partial charge < -0.3 is 14.0 Å². The van der Waals surface area contributed by atoms with Gasteiger partial charge in [-0.05, 0) is 49.4 Å². The van der Waals surface area contributed by atoms with Gasteiger partial charge in [-0.3, -0.25) is 4.79 Å². The number of carbonyl (C=O) groups is 2. The monoisotopic (exact) mass is 461 g/mol. The fourth-order valence-corrected chi connectivity index (χ4v) is 5.76. The molecule has 8 heteroatoms. The molecule has 3 rings (SSSR count). The van der Waals surface area contributed by atoms with Gasteiger partial charge in [-0.15, -0.1) is 0 Å². The standard InChI is InChI=1S/C24H31NO6S/c1-16-12-21(17(2)25(16)19-10-11-32(28,29)15-19)22(26)13-31-23(27)14-30-20-8-6-18(7-9-20)24(3,4)5/h6-9,12,19H,10-11,13-15H2,1-5H3. The predicted octanol–water partition coefficient (Wildman–Crippen LogP) is 3.57. The number of sulfone groups is 1. The van der Waals surface area contributed by atoms with E-state index in [2.05, 4.69) is 20.8 Å². The fourth-order valence-electron chi connectivity index (χ4n) is 4.06. The summed E-state index contributed by atoms with van der Waals surface area (Å²) in [4.78, 5) is 24.7. The zero-order valence-electron chi connectivity index (χ0n) is 19.3. The maximum atomic E-state index is 12.6. The fraction of sp³-hybridized carbons (Fsp3) is 0.500. The normalized spacial score (nSPS) is 17.8. The van der Waals surface area contributed by atoms with Crippen LogP contribution < -0.4 is 4.74 Å². The molecular formula is C24H31NO6S. The maximum absolute atomic E-state index is 12.6. The number of rotatable bonds is 7. The van der Waals surface area contributed by atoms with Gasteiger partial charge in [0.05, 0.1) is 11.5 Å². The van der Waals surface area contributed by atoms with Crippen LogP contribution in [0.15, 0.2) is 30.3 Å². The summed E-state index contributed by atoms with van der Waals surface area (Å²) in [5.74, 6) is -0.160. The van der Waals surface area contributed by atoms with Gasteiger partial charge in [-0.1, -0.05) is 32.9 Å². The van der Waals surface area contributed by atoms with Crippen LogP contribution >= 0.6 is 0 Å². The van der Waals surface area contributed by atoms with Gasteiger partial charge in [-0.25, -0.2) is 13.2 Å². The van der Waals surface area contributed by atoms with E-state index in [9.17, 15) is 18.0 Å². The molecule has 1 atom stereocenters. The average Bonchev–Trinajstić information content (AvgIpc) is 3.21. The Balaban J connectivity index is 1.54. The van der Waals surface area contributed by atoms with Gasteiger partial charge in [0.1, 0.15) is 5.75 Å². The minimum absolute atomic E-state index is 0.0271. The topological polar surface area (TPSA) is 91.7 Å². The number of carbonyl (C=O) groups excluding carboxylic acids is 2. The van der Waals surface area contributed by atoms with Crippen molar-refractivity contribution in [2.75, 3.05) is 24.7 Å². The molecule has 0 N–H and O–H groups in total. The molecule has 0 aliphatic carbocycles. The van der Waals surface area contributed by atoms with Crippen LogP contribution in [0, 0.1) is 13.8 Å². The van der Waals surface area contributed by atoms with Gasteiger partial charge in [-0.2, -0.15) is 0 Å². The van der Waals surface area contributed by atoms with Crippen LogP contribution in [0.25, 0.3) is 0 Å². The molecule has 32 heavy (non-hydrogen) atoms. The predicted molar refractivity (Wildman–Crippen MR) is 122 cm³/mol. The molecule has 1 aromatic heterocycles. The SMILES string of the molecule is Cc1cc(C(=O)COC(=O)COc2ccc(C(C)(C)C)cc2)c(C)n1C1CCS(=O)(=O)C1. The van der Waals surface area contributed by atoms with Crippen LogP contribution in [0.4, 0.5) is 0 Å². The van der Waals surface area contributed by atoms with E-state index in [4.69, 9.17) is 9.47 Å². The third kappa shape index (κ3) is 5.59. The Bertz CT molecular complexity index is 1110. The molecule has 1 aromatic carbocycles. The third-order valence-electron chi connectivity index (χ3n) is 5.80. The molecular weight excluding hydrogens is 430 g/mol. The summed E-state index contributed by atoms with van der Waals surface area (Å²) in [6.07, 6.45) is 0.537. The summed E-state index contributed by atoms with van der Waals surface area (Å²) in [6.45, 7) is 9.30. The lowest BCUT2D eigenvalue weighted by Gasteiger charge is -2.19. The molecule has 0 amide bonds. The summed E-state index contributed by atoms with van der Waals surface area (Å²) in [6, 6.07) is 9.07. The van der Waals surface area contributed by atoms with Crippen LogP contribution in [0.1, 0.15) is 60.5 Å². The van der Waals surface area contributed by atoms with Crippen molar-refractivity contribution in [2.24, 2.45) is 0 Å². The highest BCUT2D eigenvalue weighted by Gasteiger charge is 2.31. The first kappa shape index (κ1) is 24.0. The Labute approximate surface area is 189 Å². The van der Waals surface area contributed by atoms with Crippen LogP contribution in [0.2, 0.25) is 0 Å². The van der Waals surface area contributed by atoms with E-state index >= 15 is 0 Å². The van der Waals surface area contributed by atoms with E-state index in [0.29, 0.717) is 23.4 Å². The van der Waals surface area contributed by atoms with Crippen molar-refractivity contribution < 1.29 is 27.5 Å². The number of aryl methyl sites for hydroxylation is 1. The molecule has 1 fully saturated rings. The molecule has 7 nitrogen and oxygen atoms in total. The van der Waals surface area contributed by atoms with Gasteiger partial charge in [0, 0.05) is 23.0 Å². The molecule has 0 bridgehead atoms. The molecule has 0 spiro atoms. The first-order chi connectivity index (χ1) is 14.9. The highest BCUT2D eigenvalue weighted by molar-refractivity contribution is 7.91. The number of hydrogen-bond donors (Lipinski definition) is 0. The number of esters is 1. The lowest BCUT2D eigenvalue weighted by molar-refractivity contribution is -0.144. The summed E-state index contributed by atoms with van der Waals surface area (Å²) >= 11 is 0. The van der Waals surface area contributed by atoms with Crippen LogP contribution in [0.3, 0.4) is 0 Å². The zero-order chi connectivity index (χ0) is 23.7. The molecule has 0 radical (unpaired) electrons. The molecule has 1 unspecified atom stereocenters. The van der Waals surface area contributed by atoms with Crippen molar-refractivity contribution in [3.05, 3.63) is 52.8 Å². The van der Waals surface area contributed by atoms with Crippen LogP contribution in [-0.2, 0) is 24.8 Å². The molecule has 2 heterocycles. The van der Waals surface area contributed by atoms with Crippen molar-refractivity contribution in [2.45, 2.75) is 52.5 Å². The first-order valence-electron chi connectivity index (χ1n) is 10.7. The number of nitrogens with zero attached hydrogens (tertiary/aromatic N) is 1. The number of ketones is 1. The number of hydrogen-bond acceptors (Lipinski definition) is 6. The lowest BCUT2D eigenvalue weighted by atomic mass is 9.87. The second-order valence-corrected chi connectivity index (χ2v) is 11.6. The molecule has 1 aliphatic rings. The van der Waals surface area contributed by atoms with Gasteiger partial charge in [0.15, 0.2) is 23.1 Å². The quantitative estimate of drug-likeness (QED) is 0.462. The minimum atomic E-state index is -3.04. The number of ether oxygens (including phenoxy) is 2. The summed E-state index contributed by atoms with van der Waals surface area (Å²) in [5.41, 5.74) is 3.14. The van der Waals surface area contributed by atoms with Crippen molar-refractivity contribution in [1.82, 2.24) is 4.57 Å². The Morgan fingerprint density at radius 3 is 2.31 bits per heavy atom. The largest absolute Gasteiger partial charge is 0.482 e. The number of benzene rings is 1. The Morgan fingerprint density at radius 2 is 1.75 bits per heavy atom. The second kappa shape index (κ2) is 9.10. The van der Waals surface area contributed by atoms with Gasteiger partial charge in [0.2, 0.25) is 5.78 Å². The van der Waals surface area contributed by atoms with Crippen molar-refractivity contribution in [3.8, 4) is 5.75 Å². The third-order valence-corrected chi connectivity index (χ3v) is 7.55. The van der Waals surface area contributed by atoms with Crippen molar-refractivity contribution in [1.29, 1.82) is 0 Å². The van der Waals surface area contributed by atoms with Crippen LogP contribution in [0.5, 0.6) is 5.75 Å². The summed E-state index contributed by atoms with van der Waals surface area (Å²) in [7, 11) is -3.04. The van der Waals surface area contributed by atoms with E-state index in [1.807, 2.05) is 23.6 Å². The summed E-state index contributed by atoms with van der Waals surface area (Å²) in [5, 5.41) is 0. The van der Waals surface area contributed by atoms with Crippen molar-refractivity contribution in [3.63, 3.8) is 0 Å². The highest BCUT2D eigenvalue weighted by Crippen LogP contribution is 2.29. The van der Waals surface area contributed by atoms with Gasteiger partial charge >= 0.3 is 5.97 Å². The van der Waals surface area contributed by atoms with E-state index in [1.165, 1.54) is 0 Å². The Morgan fingerprint density at radius 1 is 1.09 bits per heavy atom. The number of Topliss-reactive ketones (excluding diaryl/α,β-unsaturated/α-hetero) is 1. The number of aromatic nitrogens is 1. The first-order valence-corrected chi connectivity index (χ1v) is 12.5. The van der Waals surface area contributed by atoms with E-state index in [1.54, 1.807) is 25.1 Å². The molecule has 2 aromatic rings. The molecule has 1 aliphatic heterocycles.